The molecule has 35 heavy (non-hydrogen) atoms. The lowest BCUT2D eigenvalue weighted by molar-refractivity contribution is -0.143. The largest absolute Gasteiger partial charge is 0.488 e. The van der Waals surface area contributed by atoms with Gasteiger partial charge in [0.1, 0.15) is 18.8 Å². The fourth-order valence-electron chi connectivity index (χ4n) is 3.17. The van der Waals surface area contributed by atoms with Crippen molar-refractivity contribution >= 4 is 17.5 Å². The summed E-state index contributed by atoms with van der Waals surface area (Å²) in [4.78, 5) is 13.0. The molecule has 1 heterocycles. The highest BCUT2D eigenvalue weighted by atomic mass is 19.4. The highest BCUT2D eigenvalue weighted by molar-refractivity contribution is 5.89. The first-order valence-corrected chi connectivity index (χ1v) is 10.1. The molecule has 0 aromatic heterocycles. The van der Waals surface area contributed by atoms with E-state index in [0.29, 0.717) is 12.1 Å². The Bertz CT molecular complexity index is 1030. The van der Waals surface area contributed by atoms with Crippen LogP contribution < -0.4 is 20.7 Å². The molecular weight excluding hydrogens is 491 g/mol. The fourth-order valence-corrected chi connectivity index (χ4v) is 3.17. The number of anilines is 2. The van der Waals surface area contributed by atoms with E-state index in [9.17, 15) is 40.6 Å². The molecule has 1 amide bonds. The van der Waals surface area contributed by atoms with Crippen molar-refractivity contribution < 1.29 is 50.1 Å². The van der Waals surface area contributed by atoms with E-state index in [4.69, 9.17) is 15.2 Å². The number of amides is 1. The number of nitrogens with zero attached hydrogens (tertiary/aromatic N) is 1. The van der Waals surface area contributed by atoms with Crippen LogP contribution in [0.2, 0.25) is 0 Å². The topological polar surface area (TPSA) is 97.0 Å². The van der Waals surface area contributed by atoms with E-state index in [0.717, 1.165) is 6.07 Å². The van der Waals surface area contributed by atoms with Crippen LogP contribution in [0.1, 0.15) is 11.1 Å². The van der Waals surface area contributed by atoms with Crippen molar-refractivity contribution in [2.24, 2.45) is 5.73 Å². The Morgan fingerprint density at radius 1 is 1.11 bits per heavy atom. The van der Waals surface area contributed by atoms with Gasteiger partial charge in [-0.15, -0.1) is 0 Å². The second kappa shape index (κ2) is 10.2. The maximum Gasteiger partial charge on any atom is 0.416 e. The van der Waals surface area contributed by atoms with E-state index in [1.54, 1.807) is 0 Å². The van der Waals surface area contributed by atoms with Crippen molar-refractivity contribution in [2.75, 3.05) is 36.5 Å². The molecule has 2 aromatic carbocycles. The van der Waals surface area contributed by atoms with Crippen LogP contribution in [-0.2, 0) is 17.1 Å². The first kappa shape index (κ1) is 26.3. The molecule has 1 fully saturated rings. The number of carbonyl (C=O) groups excluding carboxylic acids is 1. The average Bonchev–Trinajstić information content (AvgIpc) is 3.16. The minimum atomic E-state index is -5.01. The quantitative estimate of drug-likeness (QED) is 0.464. The zero-order chi connectivity index (χ0) is 26.0. The molecule has 0 spiro atoms. The van der Waals surface area contributed by atoms with Gasteiger partial charge in [-0.2, -0.15) is 26.3 Å². The molecular formula is C21H20F7N3O4. The summed E-state index contributed by atoms with van der Waals surface area (Å²) in [5.41, 5.74) is 2.09. The summed E-state index contributed by atoms with van der Waals surface area (Å²) in [6.07, 6.45) is -12.7. The number of aliphatic hydroxyl groups is 1. The van der Waals surface area contributed by atoms with Gasteiger partial charge in [0.15, 0.2) is 11.6 Å². The summed E-state index contributed by atoms with van der Waals surface area (Å²) >= 11 is 0. The number of aliphatic hydroxyl groups excluding tert-OH is 1. The van der Waals surface area contributed by atoms with E-state index >= 15 is 0 Å². The Hall–Kier alpha value is -3.26. The fraction of sp³-hybridized carbons (Fsp3) is 0.381. The van der Waals surface area contributed by atoms with Gasteiger partial charge in [-0.25, -0.2) is 9.18 Å². The van der Waals surface area contributed by atoms with E-state index in [1.807, 2.05) is 0 Å². The third-order valence-electron chi connectivity index (χ3n) is 4.92. The molecule has 1 aliphatic heterocycles. The Kier molecular flexibility index (Phi) is 7.65. The summed E-state index contributed by atoms with van der Waals surface area (Å²) < 4.78 is 102. The van der Waals surface area contributed by atoms with Crippen LogP contribution in [0.3, 0.4) is 0 Å². The SMILES string of the molecule is NC[C@@H]1CN(c2ccc(OCC(O)CNc3cc(C(F)(F)F)cc(C(F)(F)F)c3)c(F)c2)C(=O)O1. The lowest BCUT2D eigenvalue weighted by Crippen LogP contribution is -2.28. The molecule has 0 bridgehead atoms. The van der Waals surface area contributed by atoms with Crippen molar-refractivity contribution in [2.45, 2.75) is 24.6 Å². The van der Waals surface area contributed by atoms with Gasteiger partial charge in [-0.05, 0) is 30.3 Å². The standard InChI is InChI=1S/C21H20F7N3O4/c22-17-6-14(31-9-16(7-29)35-19(31)33)1-2-18(17)34-10-15(32)8-30-13-4-11(20(23,24)25)3-12(5-13)21(26,27)28/h1-6,15-16,30,32H,7-10,29H2/t15?,16-/m1/s1. The Labute approximate surface area is 194 Å². The monoisotopic (exact) mass is 511 g/mol. The first-order valence-electron chi connectivity index (χ1n) is 10.1. The third-order valence-corrected chi connectivity index (χ3v) is 4.92. The number of rotatable bonds is 8. The van der Waals surface area contributed by atoms with E-state index in [2.05, 4.69) is 5.32 Å². The van der Waals surface area contributed by atoms with Gasteiger partial charge < -0.3 is 25.6 Å². The second-order valence-electron chi connectivity index (χ2n) is 7.61. The van der Waals surface area contributed by atoms with Gasteiger partial charge in [-0.1, -0.05) is 0 Å². The van der Waals surface area contributed by atoms with Gasteiger partial charge in [0.2, 0.25) is 0 Å². The minimum absolute atomic E-state index is 0.0187. The second-order valence-corrected chi connectivity index (χ2v) is 7.61. The zero-order valence-electron chi connectivity index (χ0n) is 17.8. The summed E-state index contributed by atoms with van der Waals surface area (Å²) in [6, 6.07) is 4.48. The average molecular weight is 511 g/mol. The molecule has 3 rings (SSSR count). The summed E-state index contributed by atoms with van der Waals surface area (Å²) in [5.74, 6) is -1.17. The molecule has 14 heteroatoms. The number of ether oxygens (including phenoxy) is 2. The number of nitrogens with one attached hydrogen (secondary N) is 1. The van der Waals surface area contributed by atoms with Gasteiger partial charge in [0, 0.05) is 24.8 Å². The van der Waals surface area contributed by atoms with Crippen molar-refractivity contribution in [3.8, 4) is 5.75 Å². The Morgan fingerprint density at radius 3 is 2.26 bits per heavy atom. The van der Waals surface area contributed by atoms with Crippen LogP contribution in [0, 0.1) is 5.82 Å². The predicted octanol–water partition coefficient (Wildman–Crippen LogP) is 4.00. The van der Waals surface area contributed by atoms with Crippen molar-refractivity contribution in [1.29, 1.82) is 0 Å². The number of hydrogen-bond acceptors (Lipinski definition) is 6. The van der Waals surface area contributed by atoms with E-state index in [-0.39, 0.29) is 30.6 Å². The normalized spacial score (nSPS) is 17.3. The molecule has 192 valence electrons. The molecule has 1 saturated heterocycles. The number of benzene rings is 2. The summed E-state index contributed by atoms with van der Waals surface area (Å²) in [7, 11) is 0. The Balaban J connectivity index is 1.60. The van der Waals surface area contributed by atoms with E-state index in [1.165, 1.54) is 17.0 Å². The zero-order valence-corrected chi connectivity index (χ0v) is 17.8. The highest BCUT2D eigenvalue weighted by Crippen LogP contribution is 2.37. The Morgan fingerprint density at radius 2 is 1.74 bits per heavy atom. The van der Waals surface area contributed by atoms with Crippen molar-refractivity contribution in [1.82, 2.24) is 0 Å². The summed E-state index contributed by atoms with van der Waals surface area (Å²) in [6.45, 7) is -0.797. The van der Waals surface area contributed by atoms with Crippen molar-refractivity contribution in [3.63, 3.8) is 0 Å². The molecule has 7 nitrogen and oxygen atoms in total. The van der Waals surface area contributed by atoms with Crippen LogP contribution in [-0.4, -0.2) is 49.6 Å². The van der Waals surface area contributed by atoms with Crippen LogP contribution in [0.4, 0.5) is 46.9 Å². The molecule has 2 atom stereocenters. The lowest BCUT2D eigenvalue weighted by atomic mass is 10.1. The number of nitrogens with two attached hydrogens (primary N) is 1. The number of alkyl halides is 6. The van der Waals surface area contributed by atoms with Crippen molar-refractivity contribution in [3.05, 3.63) is 53.3 Å². The third kappa shape index (κ3) is 6.66. The predicted molar refractivity (Wildman–Crippen MR) is 110 cm³/mol. The lowest BCUT2D eigenvalue weighted by Gasteiger charge is -2.18. The first-order chi connectivity index (χ1) is 16.3. The molecule has 1 unspecified atom stereocenters. The van der Waals surface area contributed by atoms with Crippen LogP contribution in [0.5, 0.6) is 5.75 Å². The number of cyclic esters (lactones) is 1. The molecule has 4 N–H and O–H groups in total. The van der Waals surface area contributed by atoms with Crippen LogP contribution in [0.25, 0.3) is 0 Å². The van der Waals surface area contributed by atoms with Crippen LogP contribution >= 0.6 is 0 Å². The minimum Gasteiger partial charge on any atom is -0.488 e. The molecule has 2 aromatic rings. The van der Waals surface area contributed by atoms with E-state index < -0.39 is 66.4 Å². The van der Waals surface area contributed by atoms with Gasteiger partial charge in [0.05, 0.1) is 23.4 Å². The van der Waals surface area contributed by atoms with Gasteiger partial charge in [-0.3, -0.25) is 4.90 Å². The van der Waals surface area contributed by atoms with Gasteiger partial charge in [0.25, 0.3) is 0 Å². The molecule has 1 aliphatic rings. The number of carbonyl (C=O) groups is 1. The maximum absolute atomic E-state index is 14.4. The smallest absolute Gasteiger partial charge is 0.416 e. The molecule has 0 radical (unpaired) electrons. The number of hydrogen-bond donors (Lipinski definition) is 3. The maximum atomic E-state index is 14.4. The van der Waals surface area contributed by atoms with Crippen LogP contribution in [0.15, 0.2) is 36.4 Å². The summed E-state index contributed by atoms with van der Waals surface area (Å²) in [5, 5.41) is 12.3. The molecule has 0 saturated carbocycles. The number of halogens is 7. The molecule has 0 aliphatic carbocycles. The highest BCUT2D eigenvalue weighted by Gasteiger charge is 2.37. The van der Waals surface area contributed by atoms with Gasteiger partial charge >= 0.3 is 18.4 Å².